The second-order valence-electron chi connectivity index (χ2n) is 4.12. The number of carbonyl (C=O) groups is 1. The van der Waals surface area contributed by atoms with Crippen molar-refractivity contribution < 1.29 is 4.79 Å². The van der Waals surface area contributed by atoms with Crippen LogP contribution in [0, 0.1) is 0 Å². The first-order chi connectivity index (χ1) is 7.84. The van der Waals surface area contributed by atoms with Crippen LogP contribution < -0.4 is 10.6 Å². The Morgan fingerprint density at radius 2 is 2.31 bits per heavy atom. The van der Waals surface area contributed by atoms with E-state index in [4.69, 9.17) is 0 Å². The lowest BCUT2D eigenvalue weighted by molar-refractivity contribution is -0.120. The van der Waals surface area contributed by atoms with Gasteiger partial charge in [0.25, 0.3) is 0 Å². The predicted molar refractivity (Wildman–Crippen MR) is 64.2 cm³/mol. The number of carbonyl (C=O) groups excluding carboxylic acids is 1. The molecule has 0 unspecified atom stereocenters. The van der Waals surface area contributed by atoms with Gasteiger partial charge in [0, 0.05) is 11.4 Å². The van der Waals surface area contributed by atoms with Gasteiger partial charge in [-0.1, -0.05) is 12.8 Å². The summed E-state index contributed by atoms with van der Waals surface area (Å²) in [6, 6.07) is 0.546. The third-order valence-corrected chi connectivity index (χ3v) is 3.49. The number of amides is 1. The Kier molecular flexibility index (Phi) is 4.30. The zero-order valence-corrected chi connectivity index (χ0v) is 10.1. The molecule has 1 amide bonds. The van der Waals surface area contributed by atoms with E-state index >= 15 is 0 Å². The molecule has 0 radical (unpaired) electrons. The predicted octanol–water partition coefficient (Wildman–Crippen LogP) is 1.29. The molecular formula is C11H17N3OS. The van der Waals surface area contributed by atoms with Gasteiger partial charge in [-0.2, -0.15) is 0 Å². The minimum Gasteiger partial charge on any atom is -0.349 e. The molecule has 5 heteroatoms. The van der Waals surface area contributed by atoms with Gasteiger partial charge in [0.2, 0.25) is 5.91 Å². The van der Waals surface area contributed by atoms with Gasteiger partial charge >= 0.3 is 0 Å². The molecule has 2 N–H and O–H groups in total. The molecule has 1 aromatic heterocycles. The van der Waals surface area contributed by atoms with E-state index in [0.717, 1.165) is 5.69 Å². The van der Waals surface area contributed by atoms with Crippen LogP contribution in [-0.4, -0.2) is 23.5 Å². The largest absolute Gasteiger partial charge is 0.349 e. The van der Waals surface area contributed by atoms with Crippen molar-refractivity contribution in [1.82, 2.24) is 15.6 Å². The minimum absolute atomic E-state index is 0.0555. The van der Waals surface area contributed by atoms with E-state index in [9.17, 15) is 4.79 Å². The van der Waals surface area contributed by atoms with Crippen molar-refractivity contribution in [2.75, 3.05) is 6.54 Å². The molecule has 0 bridgehead atoms. The monoisotopic (exact) mass is 239 g/mol. The molecular weight excluding hydrogens is 222 g/mol. The van der Waals surface area contributed by atoms with E-state index in [-0.39, 0.29) is 5.91 Å². The molecule has 0 aliphatic heterocycles. The zero-order valence-electron chi connectivity index (χ0n) is 9.24. The van der Waals surface area contributed by atoms with Crippen LogP contribution in [0.3, 0.4) is 0 Å². The van der Waals surface area contributed by atoms with Gasteiger partial charge in [-0.3, -0.25) is 4.79 Å². The molecule has 1 fully saturated rings. The van der Waals surface area contributed by atoms with Gasteiger partial charge in [0.1, 0.15) is 0 Å². The van der Waals surface area contributed by atoms with Gasteiger partial charge in [-0.25, -0.2) is 4.98 Å². The maximum Gasteiger partial charge on any atom is 0.234 e. The first-order valence-electron chi connectivity index (χ1n) is 5.72. The normalized spacial score (nSPS) is 16.5. The molecule has 1 heterocycles. The summed E-state index contributed by atoms with van der Waals surface area (Å²) in [6.07, 6.45) is 4.99. The third kappa shape index (κ3) is 3.57. The number of hydrogen-bond acceptors (Lipinski definition) is 4. The summed E-state index contributed by atoms with van der Waals surface area (Å²) in [5.41, 5.74) is 2.71. The second-order valence-corrected chi connectivity index (χ2v) is 4.84. The summed E-state index contributed by atoms with van der Waals surface area (Å²) in [5, 5.41) is 8.08. The van der Waals surface area contributed by atoms with Crippen LogP contribution in [0.4, 0.5) is 0 Å². The average molecular weight is 239 g/mol. The van der Waals surface area contributed by atoms with Gasteiger partial charge in [-0.05, 0) is 12.8 Å². The average Bonchev–Trinajstić information content (AvgIpc) is 2.96. The van der Waals surface area contributed by atoms with Crippen molar-refractivity contribution in [2.24, 2.45) is 0 Å². The van der Waals surface area contributed by atoms with Crippen molar-refractivity contribution in [3.8, 4) is 0 Å². The molecule has 1 aliphatic rings. The highest BCUT2D eigenvalue weighted by Gasteiger charge is 2.14. The molecule has 4 nitrogen and oxygen atoms in total. The number of hydrogen-bond donors (Lipinski definition) is 2. The third-order valence-electron chi connectivity index (χ3n) is 2.86. The van der Waals surface area contributed by atoms with Crippen molar-refractivity contribution in [2.45, 2.75) is 38.3 Å². The van der Waals surface area contributed by atoms with E-state index in [1.165, 1.54) is 25.7 Å². The van der Waals surface area contributed by atoms with Crippen LogP contribution >= 0.6 is 11.3 Å². The Balaban J connectivity index is 1.60. The number of nitrogens with zero attached hydrogens (tertiary/aromatic N) is 1. The lowest BCUT2D eigenvalue weighted by atomic mass is 10.2. The molecule has 1 aromatic rings. The van der Waals surface area contributed by atoms with Gasteiger partial charge < -0.3 is 10.6 Å². The van der Waals surface area contributed by atoms with Crippen LogP contribution in [0.5, 0.6) is 0 Å². The molecule has 0 saturated heterocycles. The van der Waals surface area contributed by atoms with E-state index in [2.05, 4.69) is 15.6 Å². The van der Waals surface area contributed by atoms with Crippen molar-refractivity contribution in [3.63, 3.8) is 0 Å². The quantitative estimate of drug-likeness (QED) is 0.814. The summed E-state index contributed by atoms with van der Waals surface area (Å²) in [5.74, 6) is 0.0555. The summed E-state index contributed by atoms with van der Waals surface area (Å²) in [6.45, 7) is 0.962. The lowest BCUT2D eigenvalue weighted by Gasteiger charge is -2.11. The van der Waals surface area contributed by atoms with Gasteiger partial charge in [-0.15, -0.1) is 11.3 Å². The first kappa shape index (κ1) is 11.5. The van der Waals surface area contributed by atoms with Crippen molar-refractivity contribution in [3.05, 3.63) is 16.6 Å². The SMILES string of the molecule is O=C(CNC1CCCC1)NCc1cscn1. The molecule has 1 saturated carbocycles. The molecule has 2 rings (SSSR count). The molecule has 88 valence electrons. The molecule has 16 heavy (non-hydrogen) atoms. The lowest BCUT2D eigenvalue weighted by Crippen LogP contribution is -2.37. The molecule has 0 aromatic carbocycles. The topological polar surface area (TPSA) is 54.0 Å². The van der Waals surface area contributed by atoms with E-state index in [1.807, 2.05) is 5.38 Å². The highest BCUT2D eigenvalue weighted by atomic mass is 32.1. The van der Waals surface area contributed by atoms with Crippen LogP contribution in [0.2, 0.25) is 0 Å². The Morgan fingerprint density at radius 3 is 3.00 bits per heavy atom. The highest BCUT2D eigenvalue weighted by molar-refractivity contribution is 7.07. The second kappa shape index (κ2) is 5.96. The fourth-order valence-electron chi connectivity index (χ4n) is 1.94. The van der Waals surface area contributed by atoms with E-state index < -0.39 is 0 Å². The highest BCUT2D eigenvalue weighted by Crippen LogP contribution is 2.17. The van der Waals surface area contributed by atoms with E-state index in [1.54, 1.807) is 16.8 Å². The van der Waals surface area contributed by atoms with Crippen LogP contribution in [0.25, 0.3) is 0 Å². The fourth-order valence-corrected chi connectivity index (χ4v) is 2.50. The van der Waals surface area contributed by atoms with Crippen LogP contribution in [0.15, 0.2) is 10.9 Å². The van der Waals surface area contributed by atoms with Gasteiger partial charge in [0.05, 0.1) is 24.3 Å². The summed E-state index contributed by atoms with van der Waals surface area (Å²) in [7, 11) is 0. The van der Waals surface area contributed by atoms with Crippen molar-refractivity contribution in [1.29, 1.82) is 0 Å². The Bertz CT molecular complexity index is 320. The maximum atomic E-state index is 11.5. The van der Waals surface area contributed by atoms with Crippen LogP contribution in [0.1, 0.15) is 31.4 Å². The molecule has 1 aliphatic carbocycles. The fraction of sp³-hybridized carbons (Fsp3) is 0.636. The van der Waals surface area contributed by atoms with Gasteiger partial charge in [0.15, 0.2) is 0 Å². The van der Waals surface area contributed by atoms with E-state index in [0.29, 0.717) is 19.1 Å². The number of thiazole rings is 1. The van der Waals surface area contributed by atoms with Crippen LogP contribution in [-0.2, 0) is 11.3 Å². The smallest absolute Gasteiger partial charge is 0.234 e. The number of aromatic nitrogens is 1. The summed E-state index contributed by atoms with van der Waals surface area (Å²) < 4.78 is 0. The standard InChI is InChI=1S/C11H17N3OS/c15-11(6-12-9-3-1-2-4-9)13-5-10-7-16-8-14-10/h7-9,12H,1-6H2,(H,13,15). The first-order valence-corrected chi connectivity index (χ1v) is 6.66. The molecule has 0 atom stereocenters. The Morgan fingerprint density at radius 1 is 1.50 bits per heavy atom. The number of nitrogens with one attached hydrogen (secondary N) is 2. The Hall–Kier alpha value is -0.940. The summed E-state index contributed by atoms with van der Waals surface area (Å²) in [4.78, 5) is 15.6. The maximum absolute atomic E-state index is 11.5. The Labute approximate surface area is 99.5 Å². The van der Waals surface area contributed by atoms with Crippen molar-refractivity contribution >= 4 is 17.2 Å². The molecule has 0 spiro atoms. The summed E-state index contributed by atoms with van der Waals surface area (Å²) >= 11 is 1.55. The zero-order chi connectivity index (χ0) is 11.2. The minimum atomic E-state index is 0.0555. The number of rotatable bonds is 5.